The number of rotatable bonds is 2. The lowest BCUT2D eigenvalue weighted by Crippen LogP contribution is -2.48. The first-order chi connectivity index (χ1) is 9.73. The highest BCUT2D eigenvalue weighted by Gasteiger charge is 2.37. The lowest BCUT2D eigenvalue weighted by molar-refractivity contribution is 0.0806. The molecule has 3 nitrogen and oxygen atoms in total. The summed E-state index contributed by atoms with van der Waals surface area (Å²) in [6.07, 6.45) is 0. The highest BCUT2D eigenvalue weighted by atomic mass is 79.9. The Kier molecular flexibility index (Phi) is 8.76. The minimum atomic E-state index is -0.964. The van der Waals surface area contributed by atoms with Crippen molar-refractivity contribution in [3.63, 3.8) is 0 Å². The van der Waals surface area contributed by atoms with Crippen LogP contribution in [-0.4, -0.2) is 36.2 Å². The SMILES string of the molecule is CC(C)(C)[C@H](c1c(O)c(Br)cc(F)c1F)N1CCNCC1.Cl.Cl. The van der Waals surface area contributed by atoms with E-state index >= 15 is 0 Å². The molecule has 2 rings (SSSR count). The fraction of sp³-hybridized carbons (Fsp3) is 0.600. The molecule has 0 unspecified atom stereocenters. The molecule has 0 aromatic heterocycles. The van der Waals surface area contributed by atoms with E-state index in [9.17, 15) is 13.9 Å². The van der Waals surface area contributed by atoms with Crippen molar-refractivity contribution in [2.45, 2.75) is 26.8 Å². The van der Waals surface area contributed by atoms with Crippen LogP contribution in [0, 0.1) is 17.0 Å². The van der Waals surface area contributed by atoms with E-state index < -0.39 is 17.7 Å². The molecule has 8 heteroatoms. The fourth-order valence-electron chi connectivity index (χ4n) is 2.96. The molecule has 134 valence electrons. The van der Waals surface area contributed by atoms with Gasteiger partial charge in [0.05, 0.1) is 10.0 Å². The van der Waals surface area contributed by atoms with Crippen LogP contribution >= 0.6 is 40.7 Å². The lowest BCUT2D eigenvalue weighted by atomic mass is 9.80. The highest BCUT2D eigenvalue weighted by Crippen LogP contribution is 2.45. The van der Waals surface area contributed by atoms with Crippen molar-refractivity contribution < 1.29 is 13.9 Å². The molecule has 1 heterocycles. The molecule has 1 aromatic carbocycles. The second-order valence-electron chi connectivity index (χ2n) is 6.47. The molecule has 0 bridgehead atoms. The van der Waals surface area contributed by atoms with E-state index in [4.69, 9.17) is 0 Å². The van der Waals surface area contributed by atoms with Crippen molar-refractivity contribution in [3.8, 4) is 5.75 Å². The number of hydrogen-bond donors (Lipinski definition) is 2. The van der Waals surface area contributed by atoms with E-state index in [2.05, 4.69) is 26.1 Å². The first-order valence-electron chi connectivity index (χ1n) is 7.04. The summed E-state index contributed by atoms with van der Waals surface area (Å²) >= 11 is 3.10. The highest BCUT2D eigenvalue weighted by molar-refractivity contribution is 9.10. The zero-order valence-electron chi connectivity index (χ0n) is 13.3. The lowest BCUT2D eigenvalue weighted by Gasteiger charge is -2.42. The van der Waals surface area contributed by atoms with Gasteiger partial charge in [-0.05, 0) is 27.4 Å². The molecule has 1 saturated heterocycles. The van der Waals surface area contributed by atoms with Gasteiger partial charge in [-0.2, -0.15) is 0 Å². The van der Waals surface area contributed by atoms with Gasteiger partial charge in [0.25, 0.3) is 0 Å². The van der Waals surface area contributed by atoms with Gasteiger partial charge >= 0.3 is 0 Å². The van der Waals surface area contributed by atoms with Crippen LogP contribution in [0.25, 0.3) is 0 Å². The maximum Gasteiger partial charge on any atom is 0.167 e. The van der Waals surface area contributed by atoms with Crippen LogP contribution in [0.1, 0.15) is 32.4 Å². The summed E-state index contributed by atoms with van der Waals surface area (Å²) in [5.41, 5.74) is -0.306. The molecule has 1 aliphatic heterocycles. The van der Waals surface area contributed by atoms with Gasteiger partial charge in [0.15, 0.2) is 11.6 Å². The number of halogens is 5. The second-order valence-corrected chi connectivity index (χ2v) is 7.33. The summed E-state index contributed by atoms with van der Waals surface area (Å²) in [5, 5.41) is 13.5. The Hall–Kier alpha value is -0.140. The van der Waals surface area contributed by atoms with Crippen LogP contribution < -0.4 is 5.32 Å². The Morgan fingerprint density at radius 2 is 1.74 bits per heavy atom. The molecule has 23 heavy (non-hydrogen) atoms. The molecular formula is C15H23BrCl2F2N2O. The molecule has 0 amide bonds. The van der Waals surface area contributed by atoms with Gasteiger partial charge in [0, 0.05) is 32.2 Å². The van der Waals surface area contributed by atoms with Gasteiger partial charge in [-0.1, -0.05) is 20.8 Å². The predicted molar refractivity (Wildman–Crippen MR) is 96.9 cm³/mol. The van der Waals surface area contributed by atoms with Crippen molar-refractivity contribution >= 4 is 40.7 Å². The van der Waals surface area contributed by atoms with Gasteiger partial charge in [0.1, 0.15) is 5.75 Å². The monoisotopic (exact) mass is 434 g/mol. The normalized spacial score (nSPS) is 17.1. The predicted octanol–water partition coefficient (Wildman–Crippen LogP) is 4.27. The number of piperazine rings is 1. The minimum Gasteiger partial charge on any atom is -0.506 e. The van der Waals surface area contributed by atoms with Crippen molar-refractivity contribution in [2.75, 3.05) is 26.2 Å². The summed E-state index contributed by atoms with van der Waals surface area (Å²) in [5.74, 6) is -2.12. The molecule has 0 spiro atoms. The first kappa shape index (κ1) is 22.9. The summed E-state index contributed by atoms with van der Waals surface area (Å²) < 4.78 is 28.3. The summed E-state index contributed by atoms with van der Waals surface area (Å²) in [6.45, 7) is 8.97. The molecule has 0 saturated carbocycles. The third-order valence-electron chi connectivity index (χ3n) is 3.79. The van der Waals surface area contributed by atoms with Crippen LogP contribution in [0.5, 0.6) is 5.75 Å². The zero-order chi connectivity index (χ0) is 15.8. The van der Waals surface area contributed by atoms with Gasteiger partial charge in [-0.25, -0.2) is 8.78 Å². The third kappa shape index (κ3) is 4.92. The molecule has 0 radical (unpaired) electrons. The van der Waals surface area contributed by atoms with E-state index in [0.29, 0.717) is 0 Å². The van der Waals surface area contributed by atoms with E-state index in [1.54, 1.807) is 0 Å². The van der Waals surface area contributed by atoms with Crippen LogP contribution in [0.15, 0.2) is 10.5 Å². The standard InChI is InChI=1S/C15H21BrF2N2O.2ClH/c1-15(2,3)14(20-6-4-19-5-7-20)11-12(18)10(17)8-9(16)13(11)21;;/h8,14,19,21H,4-7H2,1-3H3;2*1H/t14-;;/m0../s1. The van der Waals surface area contributed by atoms with Crippen molar-refractivity contribution in [2.24, 2.45) is 5.41 Å². The number of phenolic OH excluding ortho intramolecular Hbond substituents is 1. The Balaban J connectivity index is 0.00000242. The van der Waals surface area contributed by atoms with Crippen molar-refractivity contribution in [1.29, 1.82) is 0 Å². The maximum absolute atomic E-state index is 14.4. The first-order valence-corrected chi connectivity index (χ1v) is 7.84. The molecular weight excluding hydrogens is 413 g/mol. The van der Waals surface area contributed by atoms with Crippen molar-refractivity contribution in [3.05, 3.63) is 27.7 Å². The van der Waals surface area contributed by atoms with Gasteiger partial charge in [0.2, 0.25) is 0 Å². The average Bonchev–Trinajstić information content (AvgIpc) is 2.41. The maximum atomic E-state index is 14.4. The van der Waals surface area contributed by atoms with Crippen molar-refractivity contribution in [1.82, 2.24) is 10.2 Å². The average molecular weight is 436 g/mol. The van der Waals surface area contributed by atoms with E-state index in [1.807, 2.05) is 20.8 Å². The van der Waals surface area contributed by atoms with Crippen LogP contribution in [0.4, 0.5) is 8.78 Å². The number of hydrogen-bond acceptors (Lipinski definition) is 3. The van der Waals surface area contributed by atoms with Crippen LogP contribution in [-0.2, 0) is 0 Å². The van der Waals surface area contributed by atoms with Gasteiger partial charge < -0.3 is 10.4 Å². The Morgan fingerprint density at radius 3 is 2.22 bits per heavy atom. The molecule has 1 fully saturated rings. The molecule has 0 aliphatic carbocycles. The third-order valence-corrected chi connectivity index (χ3v) is 4.40. The summed E-state index contributed by atoms with van der Waals surface area (Å²) in [4.78, 5) is 2.10. The Bertz CT molecular complexity index is 509. The van der Waals surface area contributed by atoms with Gasteiger partial charge in [-0.15, -0.1) is 24.8 Å². The molecule has 1 atom stereocenters. The number of phenols is 1. The molecule has 1 aromatic rings. The number of nitrogens with one attached hydrogen (secondary N) is 1. The minimum absolute atomic E-state index is 0. The number of benzene rings is 1. The number of nitrogens with zero attached hydrogens (tertiary/aromatic N) is 1. The summed E-state index contributed by atoms with van der Waals surface area (Å²) in [7, 11) is 0. The largest absolute Gasteiger partial charge is 0.506 e. The quantitative estimate of drug-likeness (QED) is 0.681. The van der Waals surface area contributed by atoms with E-state index in [0.717, 1.165) is 32.2 Å². The fourth-order valence-corrected chi connectivity index (χ4v) is 3.37. The molecule has 2 N–H and O–H groups in total. The Morgan fingerprint density at radius 1 is 1.22 bits per heavy atom. The van der Waals surface area contributed by atoms with E-state index in [1.165, 1.54) is 0 Å². The van der Waals surface area contributed by atoms with E-state index in [-0.39, 0.29) is 46.0 Å². The zero-order valence-corrected chi connectivity index (χ0v) is 16.5. The smallest absolute Gasteiger partial charge is 0.167 e. The Labute approximate surface area is 156 Å². The summed E-state index contributed by atoms with van der Waals surface area (Å²) in [6, 6.07) is 0.567. The van der Waals surface area contributed by atoms with Crippen LogP contribution in [0.2, 0.25) is 0 Å². The molecule has 1 aliphatic rings. The second kappa shape index (κ2) is 8.81. The van der Waals surface area contributed by atoms with Gasteiger partial charge in [-0.3, -0.25) is 4.90 Å². The number of aromatic hydroxyl groups is 1. The van der Waals surface area contributed by atoms with Crippen LogP contribution in [0.3, 0.4) is 0 Å². The topological polar surface area (TPSA) is 35.5 Å².